The highest BCUT2D eigenvalue weighted by Gasteiger charge is 2.31. The maximum atomic E-state index is 14.4. The van der Waals surface area contributed by atoms with Crippen molar-refractivity contribution in [3.63, 3.8) is 0 Å². The molecule has 0 saturated carbocycles. The summed E-state index contributed by atoms with van der Waals surface area (Å²) in [6.07, 6.45) is 0.881. The van der Waals surface area contributed by atoms with E-state index in [9.17, 15) is 22.4 Å². The third-order valence-corrected chi connectivity index (χ3v) is 6.72. The van der Waals surface area contributed by atoms with E-state index in [-0.39, 0.29) is 23.2 Å². The van der Waals surface area contributed by atoms with Crippen LogP contribution in [0.25, 0.3) is 0 Å². The van der Waals surface area contributed by atoms with Crippen molar-refractivity contribution in [2.24, 2.45) is 5.92 Å². The molecule has 0 fully saturated rings. The number of carbonyl (C=O) groups excluding carboxylic acids is 2. The normalized spacial score (nSPS) is 12.4. The molecule has 0 aliphatic heterocycles. The first kappa shape index (κ1) is 27.9. The van der Waals surface area contributed by atoms with Crippen LogP contribution in [-0.4, -0.2) is 50.5 Å². The van der Waals surface area contributed by atoms with E-state index in [4.69, 9.17) is 23.2 Å². The number of carbonyl (C=O) groups is 2. The number of para-hydroxylation sites is 1. The molecule has 0 aliphatic rings. The smallest absolute Gasteiger partial charge is 0.244 e. The topological polar surface area (TPSA) is 86.8 Å². The Kier molecular flexibility index (Phi) is 9.73. The van der Waals surface area contributed by atoms with Gasteiger partial charge < -0.3 is 10.2 Å². The van der Waals surface area contributed by atoms with Gasteiger partial charge in [-0.1, -0.05) is 55.2 Å². The average Bonchev–Trinajstić information content (AvgIpc) is 2.74. The fourth-order valence-electron chi connectivity index (χ4n) is 3.12. The molecule has 0 aromatic heterocycles. The Morgan fingerprint density at radius 1 is 1.09 bits per heavy atom. The highest BCUT2D eigenvalue weighted by molar-refractivity contribution is 7.92. The van der Waals surface area contributed by atoms with Crippen LogP contribution in [0.3, 0.4) is 0 Å². The van der Waals surface area contributed by atoms with Crippen molar-refractivity contribution >= 4 is 50.7 Å². The second-order valence-corrected chi connectivity index (χ2v) is 11.0. The fourth-order valence-corrected chi connectivity index (χ4v) is 4.44. The lowest BCUT2D eigenvalue weighted by Crippen LogP contribution is -2.51. The molecular formula is C23H28Cl2FN3O4S. The molecule has 0 aliphatic carbocycles. The van der Waals surface area contributed by atoms with Crippen molar-refractivity contribution < 1.29 is 22.4 Å². The van der Waals surface area contributed by atoms with Crippen molar-refractivity contribution in [1.29, 1.82) is 0 Å². The van der Waals surface area contributed by atoms with Crippen molar-refractivity contribution in [2.45, 2.75) is 33.4 Å². The van der Waals surface area contributed by atoms with Crippen LogP contribution in [0.5, 0.6) is 0 Å². The van der Waals surface area contributed by atoms with E-state index < -0.39 is 40.2 Å². The Labute approximate surface area is 209 Å². The highest BCUT2D eigenvalue weighted by Crippen LogP contribution is 2.25. The Morgan fingerprint density at radius 2 is 1.74 bits per heavy atom. The van der Waals surface area contributed by atoms with Gasteiger partial charge in [0.05, 0.1) is 11.9 Å². The molecule has 11 heteroatoms. The number of halogens is 3. The standard InChI is InChI=1S/C23H28Cl2FN3O4S/c1-15(2)12-27-23(31)16(3)28(13-17-9-10-18(24)11-19(17)25)22(30)14-29(34(4,32)33)21-8-6-5-7-20(21)26/h5-11,15-16H,12-14H2,1-4H3,(H,27,31). The van der Waals surface area contributed by atoms with Crippen LogP contribution in [0.15, 0.2) is 42.5 Å². The van der Waals surface area contributed by atoms with E-state index in [1.54, 1.807) is 12.1 Å². The van der Waals surface area contributed by atoms with Crippen molar-refractivity contribution in [2.75, 3.05) is 23.7 Å². The second-order valence-electron chi connectivity index (χ2n) is 8.29. The van der Waals surface area contributed by atoms with Crippen LogP contribution in [-0.2, 0) is 26.2 Å². The summed E-state index contributed by atoms with van der Waals surface area (Å²) >= 11 is 12.2. The number of benzene rings is 2. The van der Waals surface area contributed by atoms with Gasteiger partial charge in [0.1, 0.15) is 18.4 Å². The number of amides is 2. The third kappa shape index (κ3) is 7.58. The Hall–Kier alpha value is -2.36. The summed E-state index contributed by atoms with van der Waals surface area (Å²) in [5.41, 5.74) is 0.250. The van der Waals surface area contributed by atoms with Crippen LogP contribution >= 0.6 is 23.2 Å². The van der Waals surface area contributed by atoms with Gasteiger partial charge in [0.15, 0.2) is 0 Å². The van der Waals surface area contributed by atoms with E-state index in [2.05, 4.69) is 5.32 Å². The van der Waals surface area contributed by atoms with Gasteiger partial charge >= 0.3 is 0 Å². The SMILES string of the molecule is CC(C)CNC(=O)C(C)N(Cc1ccc(Cl)cc1Cl)C(=O)CN(c1ccccc1F)S(C)(=O)=O. The molecule has 186 valence electrons. The van der Waals surface area contributed by atoms with Gasteiger partial charge in [0.2, 0.25) is 21.8 Å². The molecule has 1 atom stereocenters. The lowest BCUT2D eigenvalue weighted by atomic mass is 10.1. The Morgan fingerprint density at radius 3 is 2.29 bits per heavy atom. The zero-order chi connectivity index (χ0) is 25.6. The third-order valence-electron chi connectivity index (χ3n) is 5.01. The quantitative estimate of drug-likeness (QED) is 0.500. The summed E-state index contributed by atoms with van der Waals surface area (Å²) in [7, 11) is -4.02. The Balaban J connectivity index is 2.41. The molecule has 0 saturated heterocycles. The first-order chi connectivity index (χ1) is 15.8. The fraction of sp³-hybridized carbons (Fsp3) is 0.391. The maximum Gasteiger partial charge on any atom is 0.244 e. The minimum absolute atomic E-state index is 0.0834. The zero-order valence-corrected chi connectivity index (χ0v) is 21.7. The molecule has 1 unspecified atom stereocenters. The lowest BCUT2D eigenvalue weighted by Gasteiger charge is -2.32. The number of anilines is 1. The summed E-state index contributed by atoms with van der Waals surface area (Å²) in [6, 6.07) is 9.01. The first-order valence-electron chi connectivity index (χ1n) is 10.5. The van der Waals surface area contributed by atoms with Gasteiger partial charge in [0.25, 0.3) is 0 Å². The number of hydrogen-bond acceptors (Lipinski definition) is 4. The summed E-state index contributed by atoms with van der Waals surface area (Å²) in [5.74, 6) is -1.72. The molecular weight excluding hydrogens is 504 g/mol. The van der Waals surface area contributed by atoms with E-state index in [1.807, 2.05) is 13.8 Å². The van der Waals surface area contributed by atoms with Gasteiger partial charge in [0, 0.05) is 23.1 Å². The Bertz CT molecular complexity index is 1140. The van der Waals surface area contributed by atoms with Crippen molar-refractivity contribution in [3.05, 3.63) is 63.9 Å². The van der Waals surface area contributed by atoms with Gasteiger partial charge in [-0.25, -0.2) is 12.8 Å². The van der Waals surface area contributed by atoms with Crippen LogP contribution in [0.4, 0.5) is 10.1 Å². The summed E-state index contributed by atoms with van der Waals surface area (Å²) < 4.78 is 40.0. The number of sulfonamides is 1. The van der Waals surface area contributed by atoms with E-state index >= 15 is 0 Å². The highest BCUT2D eigenvalue weighted by atomic mass is 35.5. The zero-order valence-electron chi connectivity index (χ0n) is 19.4. The lowest BCUT2D eigenvalue weighted by molar-refractivity contribution is -0.139. The minimum Gasteiger partial charge on any atom is -0.354 e. The van der Waals surface area contributed by atoms with Crippen molar-refractivity contribution in [1.82, 2.24) is 10.2 Å². The van der Waals surface area contributed by atoms with E-state index in [0.29, 0.717) is 21.4 Å². The van der Waals surface area contributed by atoms with Crippen LogP contribution in [0.1, 0.15) is 26.3 Å². The monoisotopic (exact) mass is 531 g/mol. The largest absolute Gasteiger partial charge is 0.354 e. The number of rotatable bonds is 10. The molecule has 34 heavy (non-hydrogen) atoms. The summed E-state index contributed by atoms with van der Waals surface area (Å²) in [4.78, 5) is 27.4. The molecule has 0 radical (unpaired) electrons. The summed E-state index contributed by atoms with van der Waals surface area (Å²) in [6.45, 7) is 5.01. The molecule has 0 heterocycles. The number of nitrogens with one attached hydrogen (secondary N) is 1. The molecule has 0 spiro atoms. The second kappa shape index (κ2) is 11.9. The van der Waals surface area contributed by atoms with Crippen LogP contribution < -0.4 is 9.62 Å². The maximum absolute atomic E-state index is 14.4. The minimum atomic E-state index is -4.02. The molecule has 1 N–H and O–H groups in total. The summed E-state index contributed by atoms with van der Waals surface area (Å²) in [5, 5.41) is 3.46. The van der Waals surface area contributed by atoms with Crippen LogP contribution in [0, 0.1) is 11.7 Å². The van der Waals surface area contributed by atoms with Gasteiger partial charge in [-0.15, -0.1) is 0 Å². The number of nitrogens with zero attached hydrogens (tertiary/aromatic N) is 2. The molecule has 0 bridgehead atoms. The van der Waals surface area contributed by atoms with E-state index in [1.165, 1.54) is 36.1 Å². The van der Waals surface area contributed by atoms with Gasteiger partial charge in [-0.05, 0) is 42.7 Å². The first-order valence-corrected chi connectivity index (χ1v) is 13.1. The number of hydrogen-bond donors (Lipinski definition) is 1. The van der Waals surface area contributed by atoms with Gasteiger partial charge in [-0.3, -0.25) is 13.9 Å². The molecule has 2 aromatic rings. The molecule has 7 nitrogen and oxygen atoms in total. The average molecular weight is 532 g/mol. The molecule has 2 amide bonds. The van der Waals surface area contributed by atoms with Crippen LogP contribution in [0.2, 0.25) is 10.0 Å². The molecule has 2 rings (SSSR count). The predicted molar refractivity (Wildman–Crippen MR) is 133 cm³/mol. The predicted octanol–water partition coefficient (Wildman–Crippen LogP) is 4.09. The van der Waals surface area contributed by atoms with Gasteiger partial charge in [-0.2, -0.15) is 0 Å². The van der Waals surface area contributed by atoms with E-state index in [0.717, 1.165) is 12.3 Å². The van der Waals surface area contributed by atoms with Crippen molar-refractivity contribution in [3.8, 4) is 0 Å². The molecule has 2 aromatic carbocycles.